The Balaban J connectivity index is 2.00. The smallest absolute Gasteiger partial charge is 0.134 e. The largest absolute Gasteiger partial charge is 0.487 e. The van der Waals surface area contributed by atoms with Gasteiger partial charge < -0.3 is 14.6 Å². The Kier molecular flexibility index (Phi) is 4.99. The van der Waals surface area contributed by atoms with Crippen molar-refractivity contribution in [3.8, 4) is 5.75 Å². The first-order valence-electron chi connectivity index (χ1n) is 6.23. The van der Waals surface area contributed by atoms with Crippen molar-refractivity contribution >= 4 is 15.9 Å². The molecule has 1 aromatic heterocycles. The van der Waals surface area contributed by atoms with Crippen LogP contribution >= 0.6 is 15.9 Å². The van der Waals surface area contributed by atoms with E-state index in [4.69, 9.17) is 9.26 Å². The molecule has 102 valence electrons. The highest BCUT2D eigenvalue weighted by atomic mass is 79.9. The van der Waals surface area contributed by atoms with Crippen molar-refractivity contribution in [2.45, 2.75) is 27.0 Å². The van der Waals surface area contributed by atoms with Crippen LogP contribution in [0.25, 0.3) is 0 Å². The molecule has 0 spiro atoms. The Morgan fingerprint density at radius 2 is 2.21 bits per heavy atom. The number of aryl methyl sites for hydroxylation is 1. The SMILES string of the molecule is CCNCc1cc(OCc2cc(C)on2)ccc1Br. The molecule has 0 radical (unpaired) electrons. The molecule has 1 heterocycles. The molecule has 19 heavy (non-hydrogen) atoms. The van der Waals surface area contributed by atoms with E-state index in [2.05, 4.69) is 33.3 Å². The van der Waals surface area contributed by atoms with Gasteiger partial charge in [-0.2, -0.15) is 0 Å². The number of aromatic nitrogens is 1. The summed E-state index contributed by atoms with van der Waals surface area (Å²) in [6, 6.07) is 7.83. The molecule has 0 aliphatic rings. The van der Waals surface area contributed by atoms with Gasteiger partial charge in [-0.05, 0) is 37.2 Å². The van der Waals surface area contributed by atoms with Crippen LogP contribution in [-0.2, 0) is 13.2 Å². The first-order valence-corrected chi connectivity index (χ1v) is 7.02. The normalized spacial score (nSPS) is 10.7. The number of hydrogen-bond acceptors (Lipinski definition) is 4. The van der Waals surface area contributed by atoms with Gasteiger partial charge in [0.25, 0.3) is 0 Å². The number of halogens is 1. The lowest BCUT2D eigenvalue weighted by atomic mass is 10.2. The molecule has 1 N–H and O–H groups in total. The topological polar surface area (TPSA) is 47.3 Å². The van der Waals surface area contributed by atoms with E-state index in [1.165, 1.54) is 5.56 Å². The number of rotatable bonds is 6. The van der Waals surface area contributed by atoms with Gasteiger partial charge in [-0.3, -0.25) is 0 Å². The summed E-state index contributed by atoms with van der Waals surface area (Å²) in [5.41, 5.74) is 1.98. The third-order valence-corrected chi connectivity index (χ3v) is 3.42. The number of hydrogen-bond donors (Lipinski definition) is 1. The van der Waals surface area contributed by atoms with Gasteiger partial charge in [-0.1, -0.05) is 28.0 Å². The molecular weight excluding hydrogens is 308 g/mol. The van der Waals surface area contributed by atoms with Gasteiger partial charge in [0.1, 0.15) is 23.8 Å². The van der Waals surface area contributed by atoms with Crippen LogP contribution in [0.1, 0.15) is 23.9 Å². The van der Waals surface area contributed by atoms with Crippen molar-refractivity contribution in [3.63, 3.8) is 0 Å². The highest BCUT2D eigenvalue weighted by molar-refractivity contribution is 9.10. The summed E-state index contributed by atoms with van der Waals surface area (Å²) in [5, 5.41) is 7.20. The van der Waals surface area contributed by atoms with Gasteiger partial charge in [0.05, 0.1) is 0 Å². The van der Waals surface area contributed by atoms with E-state index in [-0.39, 0.29) is 0 Å². The third-order valence-electron chi connectivity index (χ3n) is 2.65. The molecule has 2 aromatic rings. The van der Waals surface area contributed by atoms with E-state index in [0.717, 1.165) is 34.8 Å². The number of ether oxygens (including phenoxy) is 1. The predicted octanol–water partition coefficient (Wildman–Crippen LogP) is 3.43. The lowest BCUT2D eigenvalue weighted by molar-refractivity contribution is 0.287. The summed E-state index contributed by atoms with van der Waals surface area (Å²) in [6.45, 7) is 6.12. The van der Waals surface area contributed by atoms with E-state index < -0.39 is 0 Å². The maximum Gasteiger partial charge on any atom is 0.134 e. The highest BCUT2D eigenvalue weighted by Crippen LogP contribution is 2.23. The van der Waals surface area contributed by atoms with E-state index in [1.807, 2.05) is 31.2 Å². The molecule has 0 unspecified atom stereocenters. The Morgan fingerprint density at radius 1 is 1.37 bits per heavy atom. The Hall–Kier alpha value is -1.33. The first kappa shape index (κ1) is 14.1. The molecule has 0 atom stereocenters. The Bertz CT molecular complexity index is 540. The molecule has 0 amide bonds. The fourth-order valence-electron chi connectivity index (χ4n) is 1.68. The van der Waals surface area contributed by atoms with Crippen molar-refractivity contribution in [2.24, 2.45) is 0 Å². The molecule has 1 aromatic carbocycles. The lowest BCUT2D eigenvalue weighted by Gasteiger charge is -2.09. The fraction of sp³-hybridized carbons (Fsp3) is 0.357. The van der Waals surface area contributed by atoms with E-state index in [1.54, 1.807) is 0 Å². The minimum absolute atomic E-state index is 0.416. The average molecular weight is 325 g/mol. The summed E-state index contributed by atoms with van der Waals surface area (Å²) >= 11 is 3.54. The Morgan fingerprint density at radius 3 is 2.89 bits per heavy atom. The monoisotopic (exact) mass is 324 g/mol. The van der Waals surface area contributed by atoms with Crippen LogP contribution in [0.3, 0.4) is 0 Å². The summed E-state index contributed by atoms with van der Waals surface area (Å²) in [5.74, 6) is 1.62. The van der Waals surface area contributed by atoms with E-state index in [0.29, 0.717) is 6.61 Å². The second-order valence-corrected chi connectivity index (χ2v) is 5.11. The number of benzene rings is 1. The van der Waals surface area contributed by atoms with Crippen molar-refractivity contribution < 1.29 is 9.26 Å². The number of nitrogens with zero attached hydrogens (tertiary/aromatic N) is 1. The highest BCUT2D eigenvalue weighted by Gasteiger charge is 2.04. The predicted molar refractivity (Wildman–Crippen MR) is 77.1 cm³/mol. The van der Waals surface area contributed by atoms with E-state index in [9.17, 15) is 0 Å². The summed E-state index contributed by atoms with van der Waals surface area (Å²) in [6.07, 6.45) is 0. The zero-order valence-electron chi connectivity index (χ0n) is 11.1. The zero-order valence-corrected chi connectivity index (χ0v) is 12.7. The number of nitrogens with one attached hydrogen (secondary N) is 1. The molecule has 0 bridgehead atoms. The molecule has 2 rings (SSSR count). The van der Waals surface area contributed by atoms with Crippen molar-refractivity contribution in [3.05, 3.63) is 45.8 Å². The van der Waals surface area contributed by atoms with Crippen LogP contribution in [0.4, 0.5) is 0 Å². The van der Waals surface area contributed by atoms with Crippen LogP contribution in [0.2, 0.25) is 0 Å². The van der Waals surface area contributed by atoms with Crippen molar-refractivity contribution in [1.82, 2.24) is 10.5 Å². The maximum absolute atomic E-state index is 5.71. The minimum Gasteiger partial charge on any atom is -0.487 e. The minimum atomic E-state index is 0.416. The molecule has 0 fully saturated rings. The summed E-state index contributed by atoms with van der Waals surface area (Å²) < 4.78 is 11.8. The molecule has 0 saturated heterocycles. The summed E-state index contributed by atoms with van der Waals surface area (Å²) in [7, 11) is 0. The second-order valence-electron chi connectivity index (χ2n) is 4.25. The lowest BCUT2D eigenvalue weighted by Crippen LogP contribution is -2.12. The van der Waals surface area contributed by atoms with Gasteiger partial charge >= 0.3 is 0 Å². The van der Waals surface area contributed by atoms with Crippen LogP contribution in [0.15, 0.2) is 33.3 Å². The quantitative estimate of drug-likeness (QED) is 0.884. The molecule has 0 saturated carbocycles. The molecule has 4 nitrogen and oxygen atoms in total. The van der Waals surface area contributed by atoms with Crippen LogP contribution in [0.5, 0.6) is 5.75 Å². The van der Waals surface area contributed by atoms with Crippen LogP contribution < -0.4 is 10.1 Å². The van der Waals surface area contributed by atoms with Crippen molar-refractivity contribution in [1.29, 1.82) is 0 Å². The standard InChI is InChI=1S/C14H17BrN2O2/c1-3-16-8-11-7-13(4-5-14(11)15)18-9-12-6-10(2)19-17-12/h4-7,16H,3,8-9H2,1-2H3. The van der Waals surface area contributed by atoms with Crippen LogP contribution in [0, 0.1) is 6.92 Å². The van der Waals surface area contributed by atoms with Gasteiger partial charge in [-0.25, -0.2) is 0 Å². The molecular formula is C14H17BrN2O2. The molecule has 0 aliphatic carbocycles. The van der Waals surface area contributed by atoms with Gasteiger partial charge in [-0.15, -0.1) is 0 Å². The van der Waals surface area contributed by atoms with Gasteiger partial charge in [0.15, 0.2) is 0 Å². The van der Waals surface area contributed by atoms with Gasteiger partial charge in [0, 0.05) is 17.1 Å². The van der Waals surface area contributed by atoms with Gasteiger partial charge in [0.2, 0.25) is 0 Å². The van der Waals surface area contributed by atoms with Crippen molar-refractivity contribution in [2.75, 3.05) is 6.54 Å². The van der Waals surface area contributed by atoms with Crippen LogP contribution in [-0.4, -0.2) is 11.7 Å². The second kappa shape index (κ2) is 6.73. The molecule has 5 heteroatoms. The average Bonchev–Trinajstić information content (AvgIpc) is 2.82. The fourth-order valence-corrected chi connectivity index (χ4v) is 2.07. The maximum atomic E-state index is 5.71. The summed E-state index contributed by atoms with van der Waals surface area (Å²) in [4.78, 5) is 0. The van der Waals surface area contributed by atoms with E-state index >= 15 is 0 Å². The molecule has 0 aliphatic heterocycles. The third kappa shape index (κ3) is 4.08. The first-order chi connectivity index (χ1) is 9.19. The zero-order chi connectivity index (χ0) is 13.7. The Labute approximate surface area is 121 Å².